The van der Waals surface area contributed by atoms with Crippen molar-refractivity contribution in [2.45, 2.75) is 0 Å². The van der Waals surface area contributed by atoms with Crippen LogP contribution >= 0.6 is 8.60 Å². The second kappa shape index (κ2) is 3.93. The summed E-state index contributed by atoms with van der Waals surface area (Å²) in [5.41, 5.74) is 0. The third-order valence-electron chi connectivity index (χ3n) is 1.90. The van der Waals surface area contributed by atoms with Crippen LogP contribution < -0.4 is 14.3 Å². The summed E-state index contributed by atoms with van der Waals surface area (Å²) in [6, 6.07) is 12.8. The molecule has 3 nitrogen and oxygen atoms in total. The smallest absolute Gasteiger partial charge is 0.120 e. The van der Waals surface area contributed by atoms with Crippen LogP contribution in [-0.4, -0.2) is 0 Å². The molecule has 0 amide bonds. The Morgan fingerprint density at radius 1 is 0.929 bits per heavy atom. The van der Waals surface area contributed by atoms with Gasteiger partial charge in [-0.05, 0) is 22.9 Å². The summed E-state index contributed by atoms with van der Waals surface area (Å²) in [6.07, 6.45) is 0. The summed E-state index contributed by atoms with van der Waals surface area (Å²) < 4.78 is 4.58. The average Bonchev–Trinajstić information content (AvgIpc) is 2.17. The second-order valence-corrected chi connectivity index (χ2v) is 3.45. The van der Waals surface area contributed by atoms with Gasteiger partial charge in [0.1, 0.15) is 5.75 Å². The predicted octanol–water partition coefficient (Wildman–Crippen LogP) is 1.17. The van der Waals surface area contributed by atoms with Gasteiger partial charge in [0.05, 0.1) is 0 Å². The van der Waals surface area contributed by atoms with E-state index < -0.39 is 8.60 Å². The van der Waals surface area contributed by atoms with E-state index in [9.17, 15) is 9.79 Å². The third-order valence-corrected chi connectivity index (χ3v) is 2.26. The molecule has 4 heteroatoms. The lowest BCUT2D eigenvalue weighted by Gasteiger charge is -2.29. The highest BCUT2D eigenvalue weighted by Crippen LogP contribution is 2.26. The zero-order valence-electron chi connectivity index (χ0n) is 7.21. The van der Waals surface area contributed by atoms with Gasteiger partial charge in [0.25, 0.3) is 0 Å². The van der Waals surface area contributed by atoms with Crippen molar-refractivity contribution in [2.75, 3.05) is 0 Å². The van der Waals surface area contributed by atoms with Crippen LogP contribution in [0.25, 0.3) is 10.8 Å². The highest BCUT2D eigenvalue weighted by Gasteiger charge is 1.94. The molecule has 0 heterocycles. The molecule has 0 radical (unpaired) electrons. The van der Waals surface area contributed by atoms with E-state index >= 15 is 0 Å². The first-order chi connectivity index (χ1) is 6.75. The summed E-state index contributed by atoms with van der Waals surface area (Å²) >= 11 is 0. The van der Waals surface area contributed by atoms with E-state index in [-0.39, 0.29) is 0 Å². The van der Waals surface area contributed by atoms with Gasteiger partial charge in [-0.15, -0.1) is 0 Å². The summed E-state index contributed by atoms with van der Waals surface area (Å²) in [6.45, 7) is 0. The Labute approximate surface area is 82.6 Å². The van der Waals surface area contributed by atoms with Crippen LogP contribution in [0.3, 0.4) is 0 Å². The van der Waals surface area contributed by atoms with Crippen LogP contribution in [0.15, 0.2) is 42.5 Å². The monoisotopic (exact) mass is 206 g/mol. The largest absolute Gasteiger partial charge is 0.810 e. The van der Waals surface area contributed by atoms with Crippen molar-refractivity contribution < 1.29 is 14.3 Å². The fourth-order valence-corrected chi connectivity index (χ4v) is 1.60. The number of fused-ring (bicyclic) bond motifs is 1. The molecule has 0 bridgehead atoms. The van der Waals surface area contributed by atoms with Gasteiger partial charge in [-0.1, -0.05) is 38.9 Å². The van der Waals surface area contributed by atoms with Crippen LogP contribution in [0.5, 0.6) is 5.75 Å². The van der Waals surface area contributed by atoms with Crippen molar-refractivity contribution in [3.8, 4) is 5.75 Å². The van der Waals surface area contributed by atoms with Crippen LogP contribution in [0.2, 0.25) is 0 Å². The lowest BCUT2D eigenvalue weighted by Crippen LogP contribution is -2.12. The second-order valence-electron chi connectivity index (χ2n) is 2.82. The maximum Gasteiger partial charge on any atom is 0.120 e. The summed E-state index contributed by atoms with van der Waals surface area (Å²) in [5.74, 6) is 0.347. The predicted molar refractivity (Wildman–Crippen MR) is 51.5 cm³/mol. The maximum absolute atomic E-state index is 10.3. The van der Waals surface area contributed by atoms with Crippen LogP contribution in [0, 0.1) is 0 Å². The molecule has 0 saturated carbocycles. The van der Waals surface area contributed by atoms with Crippen LogP contribution in [0.1, 0.15) is 0 Å². The molecule has 0 aliphatic carbocycles. The first kappa shape index (κ1) is 9.41. The van der Waals surface area contributed by atoms with Gasteiger partial charge in [0, 0.05) is 0 Å². The van der Waals surface area contributed by atoms with Gasteiger partial charge in [-0.3, -0.25) is 0 Å². The van der Waals surface area contributed by atoms with Crippen molar-refractivity contribution in [2.24, 2.45) is 0 Å². The Morgan fingerprint density at radius 2 is 1.64 bits per heavy atom. The van der Waals surface area contributed by atoms with E-state index in [0.29, 0.717) is 5.75 Å². The summed E-state index contributed by atoms with van der Waals surface area (Å²) in [4.78, 5) is 20.6. The molecule has 0 atom stereocenters. The normalized spacial score (nSPS) is 10.8. The molecule has 0 N–H and O–H groups in total. The number of hydrogen-bond acceptors (Lipinski definition) is 3. The summed E-state index contributed by atoms with van der Waals surface area (Å²) in [7, 11) is -2.83. The lowest BCUT2D eigenvalue weighted by molar-refractivity contribution is -0.310. The van der Waals surface area contributed by atoms with Crippen molar-refractivity contribution in [1.82, 2.24) is 0 Å². The SMILES string of the molecule is [O-]P([O-])Oc1ccc2ccccc2c1. The molecule has 2 aromatic carbocycles. The molecule has 0 aliphatic rings. The zero-order valence-corrected chi connectivity index (χ0v) is 8.11. The van der Waals surface area contributed by atoms with Crippen LogP contribution in [0.4, 0.5) is 0 Å². The lowest BCUT2D eigenvalue weighted by atomic mass is 10.1. The van der Waals surface area contributed by atoms with E-state index in [0.717, 1.165) is 10.8 Å². The molecular weight excluding hydrogens is 199 g/mol. The van der Waals surface area contributed by atoms with E-state index in [1.54, 1.807) is 12.1 Å². The topological polar surface area (TPSA) is 55.3 Å². The Morgan fingerprint density at radius 3 is 2.36 bits per heavy atom. The molecule has 0 saturated heterocycles. The highest BCUT2D eigenvalue weighted by atomic mass is 31.2. The van der Waals surface area contributed by atoms with Crippen molar-refractivity contribution in [3.05, 3.63) is 42.5 Å². The Bertz CT molecular complexity index is 442. The molecule has 2 rings (SSSR count). The molecule has 0 unspecified atom stereocenters. The van der Waals surface area contributed by atoms with Gasteiger partial charge in [0.15, 0.2) is 0 Å². The molecule has 0 aromatic heterocycles. The van der Waals surface area contributed by atoms with E-state index in [4.69, 9.17) is 0 Å². The number of rotatable bonds is 2. The van der Waals surface area contributed by atoms with E-state index in [1.165, 1.54) is 0 Å². The molecule has 0 aliphatic heterocycles. The van der Waals surface area contributed by atoms with Crippen molar-refractivity contribution in [3.63, 3.8) is 0 Å². The third kappa shape index (κ3) is 2.02. The van der Waals surface area contributed by atoms with E-state index in [1.807, 2.05) is 30.3 Å². The Kier molecular flexibility index (Phi) is 2.64. The zero-order chi connectivity index (χ0) is 9.97. The first-order valence-corrected chi connectivity index (χ1v) is 5.16. The molecule has 0 spiro atoms. The van der Waals surface area contributed by atoms with Crippen LogP contribution in [-0.2, 0) is 0 Å². The van der Waals surface area contributed by atoms with E-state index in [2.05, 4.69) is 4.52 Å². The standard InChI is InChI=1S/C10H7O3P/c11-14(12)13-10-6-5-8-3-1-2-4-9(8)7-10/h1-7H/q-2. The van der Waals surface area contributed by atoms with Gasteiger partial charge >= 0.3 is 0 Å². The summed E-state index contributed by atoms with van der Waals surface area (Å²) in [5, 5.41) is 2.02. The van der Waals surface area contributed by atoms with Gasteiger partial charge in [0.2, 0.25) is 0 Å². The molecule has 14 heavy (non-hydrogen) atoms. The first-order valence-electron chi connectivity index (χ1n) is 4.07. The van der Waals surface area contributed by atoms with Gasteiger partial charge < -0.3 is 14.3 Å². The average molecular weight is 206 g/mol. The fraction of sp³-hybridized carbons (Fsp3) is 0. The minimum atomic E-state index is -2.83. The van der Waals surface area contributed by atoms with Crippen molar-refractivity contribution >= 4 is 19.4 Å². The van der Waals surface area contributed by atoms with Gasteiger partial charge in [-0.2, -0.15) is 0 Å². The maximum atomic E-state index is 10.3. The molecular formula is C10H7O3P-2. The minimum Gasteiger partial charge on any atom is -0.810 e. The number of hydrogen-bond donors (Lipinski definition) is 0. The highest BCUT2D eigenvalue weighted by molar-refractivity contribution is 7.36. The molecule has 2 aromatic rings. The van der Waals surface area contributed by atoms with Crippen molar-refractivity contribution in [1.29, 1.82) is 0 Å². The number of benzene rings is 2. The molecule has 0 fully saturated rings. The fourth-order valence-electron chi connectivity index (χ4n) is 1.31. The Hall–Kier alpha value is -1.15. The molecule has 72 valence electrons. The quantitative estimate of drug-likeness (QED) is 0.693. The minimum absolute atomic E-state index is 0.347. The Balaban J connectivity index is 2.41. The van der Waals surface area contributed by atoms with Gasteiger partial charge in [-0.25, -0.2) is 0 Å².